The van der Waals surface area contributed by atoms with Gasteiger partial charge in [0.15, 0.2) is 0 Å². The fraction of sp³-hybridized carbons (Fsp3) is 0.500. The molecule has 0 unspecified atom stereocenters. The van der Waals surface area contributed by atoms with Crippen molar-refractivity contribution in [1.82, 2.24) is 4.72 Å². The Morgan fingerprint density at radius 2 is 2.33 bits per heavy atom. The highest BCUT2D eigenvalue weighted by Crippen LogP contribution is 1.78. The number of allylic oxidation sites excluding steroid dienone is 1. The van der Waals surface area contributed by atoms with Crippen LogP contribution >= 0.6 is 11.9 Å². The third-order valence-electron chi connectivity index (χ3n) is 0.353. The Kier molecular flexibility index (Phi) is 4.80. The van der Waals surface area contributed by atoms with E-state index < -0.39 is 0 Å². The van der Waals surface area contributed by atoms with Crippen molar-refractivity contribution in [1.29, 1.82) is 0 Å². The van der Waals surface area contributed by atoms with E-state index in [0.717, 1.165) is 0 Å². The summed E-state index contributed by atoms with van der Waals surface area (Å²) >= 11 is 1.59. The first kappa shape index (κ1) is 5.89. The Hall–Kier alpha value is -0.110. The molecule has 1 nitrogen and oxygen atoms in total. The summed E-state index contributed by atoms with van der Waals surface area (Å²) in [5.74, 6) is 0. The van der Waals surface area contributed by atoms with Crippen molar-refractivity contribution >= 4 is 11.9 Å². The van der Waals surface area contributed by atoms with Gasteiger partial charge in [-0.3, -0.25) is 0 Å². The Bertz CT molecular complexity index is 42.8. The molecule has 0 saturated carbocycles. The molecule has 2 heteroatoms. The fourth-order valence-corrected chi connectivity index (χ4v) is 0.408. The summed E-state index contributed by atoms with van der Waals surface area (Å²) < 4.78 is 2.93. The lowest BCUT2D eigenvalue weighted by molar-refractivity contribution is 1.40. The van der Waals surface area contributed by atoms with E-state index in [4.69, 9.17) is 0 Å². The first-order chi connectivity index (χ1) is 2.91. The highest BCUT2D eigenvalue weighted by Gasteiger charge is 1.58. The molecule has 1 N–H and O–H groups in total. The Balaban J connectivity index is 2.66. The summed E-state index contributed by atoms with van der Waals surface area (Å²) in [5, 5.41) is 0. The van der Waals surface area contributed by atoms with E-state index in [1.807, 2.05) is 25.5 Å². The summed E-state index contributed by atoms with van der Waals surface area (Å²) in [7, 11) is 0. The molecular weight excluding hydrogens is 94.1 g/mol. The average Bonchev–Trinajstić information content (AvgIpc) is 1.61. The van der Waals surface area contributed by atoms with Crippen LogP contribution < -0.4 is 4.72 Å². The maximum atomic E-state index is 2.93. The molecule has 0 heterocycles. The van der Waals surface area contributed by atoms with Crippen molar-refractivity contribution < 1.29 is 0 Å². The lowest BCUT2D eigenvalue weighted by Crippen LogP contribution is -1.84. The fourth-order valence-electron chi connectivity index (χ4n) is 0.136. The molecule has 0 atom stereocenters. The quantitative estimate of drug-likeness (QED) is 0.530. The topological polar surface area (TPSA) is 12.0 Å². The van der Waals surface area contributed by atoms with Crippen LogP contribution in [0.3, 0.4) is 0 Å². The minimum atomic E-state index is 1.59. The second-order valence-corrected chi connectivity index (χ2v) is 1.47. The van der Waals surface area contributed by atoms with Crippen LogP contribution in [0.5, 0.6) is 0 Å². The van der Waals surface area contributed by atoms with Crippen molar-refractivity contribution in [2.24, 2.45) is 0 Å². The molecule has 0 aliphatic carbocycles. The SMILES string of the molecule is C/C=C\NSC. The van der Waals surface area contributed by atoms with E-state index in [1.165, 1.54) is 0 Å². The van der Waals surface area contributed by atoms with Gasteiger partial charge in [-0.15, -0.1) is 0 Å². The van der Waals surface area contributed by atoms with Gasteiger partial charge in [-0.1, -0.05) is 18.0 Å². The van der Waals surface area contributed by atoms with Gasteiger partial charge in [0, 0.05) is 12.5 Å². The second-order valence-electron chi connectivity index (χ2n) is 0.822. The number of hydrogen-bond donors (Lipinski definition) is 1. The van der Waals surface area contributed by atoms with Crippen LogP contribution in [0.1, 0.15) is 6.92 Å². The van der Waals surface area contributed by atoms with E-state index in [0.29, 0.717) is 0 Å². The molecule has 0 fully saturated rings. The van der Waals surface area contributed by atoms with Gasteiger partial charge in [0.05, 0.1) is 0 Å². The predicted octanol–water partition coefficient (Wildman–Crippen LogP) is 1.39. The normalized spacial score (nSPS) is 9.67. The van der Waals surface area contributed by atoms with Gasteiger partial charge < -0.3 is 4.72 Å². The highest BCUT2D eigenvalue weighted by atomic mass is 32.2. The average molecular weight is 103 g/mol. The molecule has 0 radical (unpaired) electrons. The molecule has 0 aliphatic rings. The van der Waals surface area contributed by atoms with Crippen LogP contribution in [0.2, 0.25) is 0 Å². The second kappa shape index (κ2) is 4.89. The van der Waals surface area contributed by atoms with E-state index in [2.05, 4.69) is 4.72 Å². The smallest absolute Gasteiger partial charge is 0.00294 e. The number of hydrogen-bond acceptors (Lipinski definition) is 2. The Labute approximate surface area is 43.0 Å². The minimum Gasteiger partial charge on any atom is -0.337 e. The summed E-state index contributed by atoms with van der Waals surface area (Å²) in [6, 6.07) is 0. The van der Waals surface area contributed by atoms with Crippen LogP contribution in [0.4, 0.5) is 0 Å². The third kappa shape index (κ3) is 3.89. The monoisotopic (exact) mass is 103 g/mol. The van der Waals surface area contributed by atoms with Crippen molar-refractivity contribution in [2.75, 3.05) is 6.26 Å². The molecule has 0 aliphatic heterocycles. The zero-order valence-electron chi connectivity index (χ0n) is 4.06. The summed E-state index contributed by atoms with van der Waals surface area (Å²) in [6.07, 6.45) is 5.83. The van der Waals surface area contributed by atoms with Crippen molar-refractivity contribution in [3.05, 3.63) is 12.3 Å². The number of nitrogens with one attached hydrogen (secondary N) is 1. The molecule has 0 aromatic rings. The van der Waals surface area contributed by atoms with Crippen LogP contribution in [0, 0.1) is 0 Å². The van der Waals surface area contributed by atoms with Gasteiger partial charge in [0.1, 0.15) is 0 Å². The van der Waals surface area contributed by atoms with Gasteiger partial charge in [0.25, 0.3) is 0 Å². The van der Waals surface area contributed by atoms with E-state index in [1.54, 1.807) is 11.9 Å². The van der Waals surface area contributed by atoms with Crippen LogP contribution in [-0.4, -0.2) is 6.26 Å². The Morgan fingerprint density at radius 1 is 1.67 bits per heavy atom. The van der Waals surface area contributed by atoms with Gasteiger partial charge >= 0.3 is 0 Å². The minimum absolute atomic E-state index is 1.59. The van der Waals surface area contributed by atoms with Gasteiger partial charge in [0.2, 0.25) is 0 Å². The van der Waals surface area contributed by atoms with Crippen LogP contribution in [-0.2, 0) is 0 Å². The van der Waals surface area contributed by atoms with E-state index in [9.17, 15) is 0 Å². The maximum absolute atomic E-state index is 2.93. The summed E-state index contributed by atoms with van der Waals surface area (Å²) in [6.45, 7) is 1.98. The lowest BCUT2D eigenvalue weighted by atomic mass is 10.7. The van der Waals surface area contributed by atoms with Gasteiger partial charge in [-0.25, -0.2) is 0 Å². The standard InChI is InChI=1S/C4H9NS/c1-3-4-5-6-2/h3-5H,1-2H3/b4-3-. The lowest BCUT2D eigenvalue weighted by Gasteiger charge is -1.84. The predicted molar refractivity (Wildman–Crippen MR) is 31.5 cm³/mol. The zero-order valence-corrected chi connectivity index (χ0v) is 4.88. The first-order valence-corrected chi connectivity index (χ1v) is 3.04. The molecule has 6 heavy (non-hydrogen) atoms. The van der Waals surface area contributed by atoms with Gasteiger partial charge in [-0.05, 0) is 6.92 Å². The molecule has 0 spiro atoms. The highest BCUT2D eigenvalue weighted by molar-refractivity contribution is 7.96. The largest absolute Gasteiger partial charge is 0.337 e. The van der Waals surface area contributed by atoms with E-state index >= 15 is 0 Å². The molecule has 36 valence electrons. The van der Waals surface area contributed by atoms with Gasteiger partial charge in [-0.2, -0.15) is 0 Å². The van der Waals surface area contributed by atoms with Crippen molar-refractivity contribution in [2.45, 2.75) is 6.92 Å². The molecule has 0 rings (SSSR count). The number of rotatable bonds is 2. The van der Waals surface area contributed by atoms with Crippen LogP contribution in [0.25, 0.3) is 0 Å². The maximum Gasteiger partial charge on any atom is 0.00294 e. The molecule has 0 amide bonds. The van der Waals surface area contributed by atoms with E-state index in [-0.39, 0.29) is 0 Å². The Morgan fingerprint density at radius 3 is 2.50 bits per heavy atom. The van der Waals surface area contributed by atoms with Crippen molar-refractivity contribution in [3.63, 3.8) is 0 Å². The molecule has 0 bridgehead atoms. The third-order valence-corrected chi connectivity index (χ3v) is 0.724. The first-order valence-electron chi connectivity index (χ1n) is 1.81. The zero-order chi connectivity index (χ0) is 4.83. The molecular formula is C4H9NS. The molecule has 0 aromatic heterocycles. The summed E-state index contributed by atoms with van der Waals surface area (Å²) in [4.78, 5) is 0. The summed E-state index contributed by atoms with van der Waals surface area (Å²) in [5.41, 5.74) is 0. The molecule has 0 saturated heterocycles. The molecule has 0 aromatic carbocycles. The van der Waals surface area contributed by atoms with Crippen molar-refractivity contribution in [3.8, 4) is 0 Å². The van der Waals surface area contributed by atoms with Crippen LogP contribution in [0.15, 0.2) is 12.3 Å².